The average Bonchev–Trinajstić information content (AvgIpc) is 3.23. The number of carbonyl (C=O) groups is 1. The maximum atomic E-state index is 13.0. The van der Waals surface area contributed by atoms with Crippen molar-refractivity contribution < 1.29 is 9.21 Å². The average molecular weight is 385 g/mol. The minimum Gasteiger partial charge on any atom is -0.472 e. The Morgan fingerprint density at radius 3 is 2.70 bits per heavy atom. The first-order valence-electron chi connectivity index (χ1n) is 8.79. The highest BCUT2D eigenvalue weighted by Gasteiger charge is 2.23. The second kappa shape index (κ2) is 7.84. The van der Waals surface area contributed by atoms with E-state index in [9.17, 15) is 9.59 Å². The van der Waals surface area contributed by atoms with Crippen LogP contribution < -0.4 is 16.2 Å². The van der Waals surface area contributed by atoms with Gasteiger partial charge in [0, 0.05) is 29.9 Å². The summed E-state index contributed by atoms with van der Waals surface area (Å²) < 4.78 is 5.19. The minimum atomic E-state index is -0.205. The first-order chi connectivity index (χ1) is 12.9. The number of aromatic amines is 1. The van der Waals surface area contributed by atoms with Gasteiger partial charge in [0.05, 0.1) is 28.0 Å². The van der Waals surface area contributed by atoms with Gasteiger partial charge in [0.15, 0.2) is 0 Å². The third-order valence-corrected chi connectivity index (χ3v) is 5.71. The Bertz CT molecular complexity index is 1020. The second-order valence-corrected chi connectivity index (χ2v) is 7.45. The van der Waals surface area contributed by atoms with Gasteiger partial charge in [-0.25, -0.2) is 0 Å². The van der Waals surface area contributed by atoms with Crippen molar-refractivity contribution in [3.05, 3.63) is 63.0 Å². The molecule has 3 aromatic rings. The van der Waals surface area contributed by atoms with Crippen molar-refractivity contribution in [1.82, 2.24) is 10.3 Å². The van der Waals surface area contributed by atoms with Crippen LogP contribution in [0, 0.1) is 20.8 Å². The molecule has 0 atom stereocenters. The predicted octanol–water partition coefficient (Wildman–Crippen LogP) is 3.98. The number of H-pyrrole nitrogens is 1. The number of anilines is 1. The number of amides is 1. The van der Waals surface area contributed by atoms with Crippen molar-refractivity contribution in [3.63, 3.8) is 0 Å². The molecule has 0 aliphatic rings. The molecule has 3 aromatic heterocycles. The Morgan fingerprint density at radius 1 is 1.30 bits per heavy atom. The molecule has 0 fully saturated rings. The van der Waals surface area contributed by atoms with Gasteiger partial charge in [0.25, 0.3) is 11.5 Å². The zero-order valence-electron chi connectivity index (χ0n) is 15.9. The van der Waals surface area contributed by atoms with E-state index in [1.54, 1.807) is 12.5 Å². The lowest BCUT2D eigenvalue weighted by atomic mass is 10.1. The van der Waals surface area contributed by atoms with Crippen LogP contribution in [0.15, 0.2) is 33.9 Å². The van der Waals surface area contributed by atoms with Crippen LogP contribution in [0.3, 0.4) is 0 Å². The highest BCUT2D eigenvalue weighted by molar-refractivity contribution is 7.20. The number of furan rings is 1. The van der Waals surface area contributed by atoms with Gasteiger partial charge in [-0.3, -0.25) is 9.59 Å². The molecule has 0 spiro atoms. The standard InChI is InChI=1S/C20H23N3O3S/c1-5-21-20-13(4)16(17(27-20)14-6-7-26-10-14)19(25)22-9-15-11(2)8-12(3)23-18(15)24/h6-8,10,21H,5,9H2,1-4H3,(H,22,25)(H,23,24). The van der Waals surface area contributed by atoms with E-state index in [0.29, 0.717) is 11.1 Å². The van der Waals surface area contributed by atoms with Crippen LogP contribution >= 0.6 is 11.3 Å². The molecule has 0 aliphatic carbocycles. The van der Waals surface area contributed by atoms with Crippen LogP contribution in [0.25, 0.3) is 10.4 Å². The van der Waals surface area contributed by atoms with Gasteiger partial charge in [-0.15, -0.1) is 11.3 Å². The van der Waals surface area contributed by atoms with E-state index < -0.39 is 0 Å². The smallest absolute Gasteiger partial charge is 0.253 e. The third-order valence-electron chi connectivity index (χ3n) is 4.41. The summed E-state index contributed by atoms with van der Waals surface area (Å²) >= 11 is 1.53. The molecule has 0 aliphatic heterocycles. The van der Waals surface area contributed by atoms with Gasteiger partial charge in [0.2, 0.25) is 0 Å². The van der Waals surface area contributed by atoms with Crippen LogP contribution in [0.4, 0.5) is 5.00 Å². The summed E-state index contributed by atoms with van der Waals surface area (Å²) in [5.41, 5.74) is 4.43. The molecule has 1 amide bonds. The predicted molar refractivity (Wildman–Crippen MR) is 109 cm³/mol. The molecule has 7 heteroatoms. The first kappa shape index (κ1) is 19.0. The summed E-state index contributed by atoms with van der Waals surface area (Å²) in [4.78, 5) is 28.8. The number of carbonyl (C=O) groups excluding carboxylic acids is 1. The molecule has 0 saturated heterocycles. The Kier molecular flexibility index (Phi) is 5.51. The number of hydrogen-bond acceptors (Lipinski definition) is 5. The van der Waals surface area contributed by atoms with Crippen LogP contribution in [-0.4, -0.2) is 17.4 Å². The third kappa shape index (κ3) is 3.83. The van der Waals surface area contributed by atoms with Gasteiger partial charge in [-0.1, -0.05) is 0 Å². The van der Waals surface area contributed by atoms with Crippen molar-refractivity contribution in [2.75, 3.05) is 11.9 Å². The molecule has 3 rings (SSSR count). The molecule has 0 bridgehead atoms. The molecule has 0 radical (unpaired) electrons. The Balaban J connectivity index is 1.92. The molecule has 6 nitrogen and oxygen atoms in total. The lowest BCUT2D eigenvalue weighted by Crippen LogP contribution is -2.28. The minimum absolute atomic E-state index is 0.168. The first-order valence-corrected chi connectivity index (χ1v) is 9.61. The Morgan fingerprint density at radius 2 is 2.07 bits per heavy atom. The van der Waals surface area contributed by atoms with Crippen molar-refractivity contribution in [1.29, 1.82) is 0 Å². The molecule has 3 N–H and O–H groups in total. The zero-order chi connectivity index (χ0) is 19.6. The van der Waals surface area contributed by atoms with E-state index in [4.69, 9.17) is 4.42 Å². The van der Waals surface area contributed by atoms with Gasteiger partial charge in [0.1, 0.15) is 0 Å². The summed E-state index contributed by atoms with van der Waals surface area (Å²) in [6, 6.07) is 3.74. The fraction of sp³-hybridized carbons (Fsp3) is 0.300. The van der Waals surface area contributed by atoms with E-state index in [1.165, 1.54) is 11.3 Å². The van der Waals surface area contributed by atoms with Crippen LogP contribution in [0.5, 0.6) is 0 Å². The monoisotopic (exact) mass is 385 g/mol. The summed E-state index contributed by atoms with van der Waals surface area (Å²) in [7, 11) is 0. The summed E-state index contributed by atoms with van der Waals surface area (Å²) in [6.07, 6.45) is 3.22. The van der Waals surface area contributed by atoms with Crippen LogP contribution in [-0.2, 0) is 6.54 Å². The Hall–Kier alpha value is -2.80. The van der Waals surface area contributed by atoms with Gasteiger partial charge >= 0.3 is 0 Å². The number of aromatic nitrogens is 1. The van der Waals surface area contributed by atoms with Crippen molar-refractivity contribution in [2.45, 2.75) is 34.2 Å². The largest absolute Gasteiger partial charge is 0.472 e. The second-order valence-electron chi connectivity index (χ2n) is 6.43. The molecule has 0 aromatic carbocycles. The van der Waals surface area contributed by atoms with Crippen LogP contribution in [0.1, 0.15) is 39.7 Å². The van der Waals surface area contributed by atoms with Crippen molar-refractivity contribution in [2.24, 2.45) is 0 Å². The number of pyridine rings is 1. The molecule has 0 saturated carbocycles. The topological polar surface area (TPSA) is 87.1 Å². The van der Waals surface area contributed by atoms with E-state index in [2.05, 4.69) is 15.6 Å². The van der Waals surface area contributed by atoms with Gasteiger partial charge in [-0.2, -0.15) is 0 Å². The number of hydrogen-bond donors (Lipinski definition) is 3. The quantitative estimate of drug-likeness (QED) is 0.599. The fourth-order valence-electron chi connectivity index (χ4n) is 3.07. The van der Waals surface area contributed by atoms with Gasteiger partial charge in [-0.05, 0) is 51.0 Å². The molecule has 27 heavy (non-hydrogen) atoms. The van der Waals surface area contributed by atoms with Gasteiger partial charge < -0.3 is 20.0 Å². The molecular weight excluding hydrogens is 362 g/mol. The highest BCUT2D eigenvalue weighted by atomic mass is 32.1. The molecule has 3 heterocycles. The zero-order valence-corrected chi connectivity index (χ0v) is 16.7. The van der Waals surface area contributed by atoms with E-state index in [0.717, 1.165) is 38.8 Å². The number of rotatable bonds is 6. The molecule has 0 unspecified atom stereocenters. The maximum absolute atomic E-state index is 13.0. The van der Waals surface area contributed by atoms with Crippen molar-refractivity contribution >= 4 is 22.2 Å². The summed E-state index contributed by atoms with van der Waals surface area (Å²) in [5, 5.41) is 7.17. The van der Waals surface area contributed by atoms with E-state index >= 15 is 0 Å². The number of aryl methyl sites for hydroxylation is 2. The molecule has 142 valence electrons. The van der Waals surface area contributed by atoms with E-state index in [1.807, 2.05) is 39.8 Å². The van der Waals surface area contributed by atoms with E-state index in [-0.39, 0.29) is 18.0 Å². The lowest BCUT2D eigenvalue weighted by molar-refractivity contribution is 0.0951. The maximum Gasteiger partial charge on any atom is 0.253 e. The molecular formula is C20H23N3O3S. The number of nitrogens with one attached hydrogen (secondary N) is 3. The highest BCUT2D eigenvalue weighted by Crippen LogP contribution is 2.40. The van der Waals surface area contributed by atoms with Crippen LogP contribution in [0.2, 0.25) is 0 Å². The number of thiophene rings is 1. The summed E-state index contributed by atoms with van der Waals surface area (Å²) in [6.45, 7) is 8.60. The van der Waals surface area contributed by atoms with Crippen molar-refractivity contribution in [3.8, 4) is 10.4 Å². The normalized spacial score (nSPS) is 10.8. The SMILES string of the molecule is CCNc1sc(-c2ccoc2)c(C(=O)NCc2c(C)cc(C)[nH]c2=O)c1C. The lowest BCUT2D eigenvalue weighted by Gasteiger charge is -2.09. The Labute approximate surface area is 161 Å². The fourth-order valence-corrected chi connectivity index (χ4v) is 4.33. The summed E-state index contributed by atoms with van der Waals surface area (Å²) in [5.74, 6) is -0.205.